The zero-order valence-electron chi connectivity index (χ0n) is 11.4. The van der Waals surface area contributed by atoms with Gasteiger partial charge < -0.3 is 0 Å². The minimum atomic E-state index is -3.63. The van der Waals surface area contributed by atoms with Gasteiger partial charge in [-0.3, -0.25) is 10.1 Å². The van der Waals surface area contributed by atoms with Gasteiger partial charge in [0.05, 0.1) is 9.82 Å². The van der Waals surface area contributed by atoms with E-state index in [1.165, 1.54) is 28.6 Å². The van der Waals surface area contributed by atoms with Crippen molar-refractivity contribution < 1.29 is 13.3 Å². The first kappa shape index (κ1) is 15.6. The van der Waals surface area contributed by atoms with E-state index in [0.717, 1.165) is 0 Å². The van der Waals surface area contributed by atoms with Gasteiger partial charge in [-0.1, -0.05) is 0 Å². The van der Waals surface area contributed by atoms with E-state index in [0.29, 0.717) is 0 Å². The highest BCUT2D eigenvalue weighted by Gasteiger charge is 2.29. The quantitative estimate of drug-likeness (QED) is 0.615. The molecular formula is C12H18N2O4S. The van der Waals surface area contributed by atoms with E-state index in [-0.39, 0.29) is 22.7 Å². The fourth-order valence-electron chi connectivity index (χ4n) is 2.01. The molecular weight excluding hydrogens is 268 g/mol. The molecule has 0 spiro atoms. The fourth-order valence-corrected chi connectivity index (χ4v) is 3.85. The normalized spacial score (nSPS) is 12.4. The molecule has 19 heavy (non-hydrogen) atoms. The third-order valence-electron chi connectivity index (χ3n) is 2.64. The number of non-ortho nitro benzene ring substituents is 1. The molecule has 0 N–H and O–H groups in total. The monoisotopic (exact) mass is 286 g/mol. The number of nitro benzene ring substituents is 1. The summed E-state index contributed by atoms with van der Waals surface area (Å²) in [6, 6.07) is 4.58. The average molecular weight is 286 g/mol. The van der Waals surface area contributed by atoms with Gasteiger partial charge in [-0.15, -0.1) is 0 Å². The summed E-state index contributed by atoms with van der Waals surface area (Å²) in [5, 5.41) is 10.6. The van der Waals surface area contributed by atoms with E-state index in [9.17, 15) is 18.5 Å². The molecule has 0 aliphatic heterocycles. The summed E-state index contributed by atoms with van der Waals surface area (Å²) in [7, 11) is -3.63. The van der Waals surface area contributed by atoms with Gasteiger partial charge in [-0.25, -0.2) is 8.42 Å². The first-order chi connectivity index (χ1) is 8.67. The summed E-state index contributed by atoms with van der Waals surface area (Å²) >= 11 is 0. The lowest BCUT2D eigenvalue weighted by Gasteiger charge is -2.29. The van der Waals surface area contributed by atoms with Crippen molar-refractivity contribution in [1.29, 1.82) is 0 Å². The molecule has 0 aliphatic carbocycles. The Balaban J connectivity index is 3.22. The predicted molar refractivity (Wildman–Crippen MR) is 72.4 cm³/mol. The summed E-state index contributed by atoms with van der Waals surface area (Å²) in [6.45, 7) is 7.18. The third kappa shape index (κ3) is 3.30. The zero-order valence-corrected chi connectivity index (χ0v) is 12.2. The third-order valence-corrected chi connectivity index (χ3v) is 4.91. The van der Waals surface area contributed by atoms with E-state index >= 15 is 0 Å². The van der Waals surface area contributed by atoms with Crippen molar-refractivity contribution in [2.75, 3.05) is 0 Å². The van der Waals surface area contributed by atoms with Crippen molar-refractivity contribution >= 4 is 15.7 Å². The Bertz CT molecular complexity index is 542. The van der Waals surface area contributed by atoms with Crippen LogP contribution in [0.25, 0.3) is 0 Å². The Morgan fingerprint density at radius 3 is 1.79 bits per heavy atom. The maximum atomic E-state index is 12.5. The van der Waals surface area contributed by atoms with Crippen LogP contribution >= 0.6 is 0 Å². The fraction of sp³-hybridized carbons (Fsp3) is 0.500. The van der Waals surface area contributed by atoms with Crippen LogP contribution in [-0.4, -0.2) is 29.7 Å². The van der Waals surface area contributed by atoms with Crippen LogP contribution in [0.4, 0.5) is 5.69 Å². The van der Waals surface area contributed by atoms with E-state index in [1.807, 2.05) is 0 Å². The Morgan fingerprint density at radius 2 is 1.47 bits per heavy atom. The molecule has 0 aromatic heterocycles. The van der Waals surface area contributed by atoms with Crippen molar-refractivity contribution in [3.8, 4) is 0 Å². The first-order valence-corrected chi connectivity index (χ1v) is 7.40. The molecule has 7 heteroatoms. The Morgan fingerprint density at radius 1 is 1.05 bits per heavy atom. The molecule has 0 amide bonds. The SMILES string of the molecule is CC(C)N(C(C)C)S(=O)(=O)c1ccc([N+](=O)[O-])cc1. The van der Waals surface area contributed by atoms with Crippen molar-refractivity contribution in [2.45, 2.75) is 44.7 Å². The number of hydrogen-bond acceptors (Lipinski definition) is 4. The topological polar surface area (TPSA) is 80.5 Å². The van der Waals surface area contributed by atoms with E-state index < -0.39 is 14.9 Å². The Kier molecular flexibility index (Phi) is 4.65. The van der Waals surface area contributed by atoms with Crippen LogP contribution in [-0.2, 0) is 10.0 Å². The molecule has 0 aliphatic rings. The molecule has 0 radical (unpaired) electrons. The summed E-state index contributed by atoms with van der Waals surface area (Å²) in [6.07, 6.45) is 0. The van der Waals surface area contributed by atoms with Crippen LogP contribution in [0.5, 0.6) is 0 Å². The molecule has 0 heterocycles. The molecule has 0 saturated heterocycles. The van der Waals surface area contributed by atoms with Crippen LogP contribution in [0.15, 0.2) is 29.2 Å². The molecule has 1 aromatic rings. The maximum absolute atomic E-state index is 12.5. The van der Waals surface area contributed by atoms with Gasteiger partial charge in [0.2, 0.25) is 10.0 Å². The highest BCUT2D eigenvalue weighted by atomic mass is 32.2. The molecule has 0 unspecified atom stereocenters. The Labute approximate surface area is 113 Å². The van der Waals surface area contributed by atoms with Gasteiger partial charge in [0.15, 0.2) is 0 Å². The van der Waals surface area contributed by atoms with E-state index in [4.69, 9.17) is 0 Å². The van der Waals surface area contributed by atoms with Crippen LogP contribution in [0, 0.1) is 10.1 Å². The smallest absolute Gasteiger partial charge is 0.258 e. The summed E-state index contributed by atoms with van der Waals surface area (Å²) in [5.74, 6) is 0. The van der Waals surface area contributed by atoms with Gasteiger partial charge in [0.1, 0.15) is 0 Å². The lowest BCUT2D eigenvalue weighted by atomic mass is 10.3. The first-order valence-electron chi connectivity index (χ1n) is 5.96. The van der Waals surface area contributed by atoms with Gasteiger partial charge in [0, 0.05) is 24.2 Å². The average Bonchev–Trinajstić information content (AvgIpc) is 2.27. The maximum Gasteiger partial charge on any atom is 0.269 e. The molecule has 0 bridgehead atoms. The second kappa shape index (κ2) is 5.66. The van der Waals surface area contributed by atoms with Crippen molar-refractivity contribution in [2.24, 2.45) is 0 Å². The zero-order chi connectivity index (χ0) is 14.8. The van der Waals surface area contributed by atoms with Gasteiger partial charge in [-0.05, 0) is 39.8 Å². The minimum Gasteiger partial charge on any atom is -0.258 e. The highest BCUT2D eigenvalue weighted by Crippen LogP contribution is 2.23. The summed E-state index contributed by atoms with van der Waals surface area (Å²) in [5.41, 5.74) is -0.125. The van der Waals surface area contributed by atoms with Crippen molar-refractivity contribution in [3.63, 3.8) is 0 Å². The van der Waals surface area contributed by atoms with Crippen LogP contribution in [0.2, 0.25) is 0 Å². The molecule has 1 rings (SSSR count). The number of nitrogens with zero attached hydrogens (tertiary/aromatic N) is 2. The number of sulfonamides is 1. The lowest BCUT2D eigenvalue weighted by molar-refractivity contribution is -0.384. The van der Waals surface area contributed by atoms with Crippen molar-refractivity contribution in [1.82, 2.24) is 4.31 Å². The van der Waals surface area contributed by atoms with E-state index in [2.05, 4.69) is 0 Å². The molecule has 6 nitrogen and oxygen atoms in total. The second-order valence-electron chi connectivity index (χ2n) is 4.77. The van der Waals surface area contributed by atoms with Gasteiger partial charge >= 0.3 is 0 Å². The van der Waals surface area contributed by atoms with Crippen molar-refractivity contribution in [3.05, 3.63) is 34.4 Å². The van der Waals surface area contributed by atoms with Gasteiger partial charge in [-0.2, -0.15) is 4.31 Å². The van der Waals surface area contributed by atoms with Crippen LogP contribution in [0.1, 0.15) is 27.7 Å². The molecule has 0 saturated carbocycles. The standard InChI is InChI=1S/C12H18N2O4S/c1-9(2)13(10(3)4)19(17,18)12-7-5-11(6-8-12)14(15)16/h5-10H,1-4H3. The predicted octanol–water partition coefficient (Wildman–Crippen LogP) is 2.40. The summed E-state index contributed by atoms with van der Waals surface area (Å²) in [4.78, 5) is 10.1. The lowest BCUT2D eigenvalue weighted by Crippen LogP contribution is -2.41. The number of rotatable bonds is 5. The number of benzene rings is 1. The highest BCUT2D eigenvalue weighted by molar-refractivity contribution is 7.89. The minimum absolute atomic E-state index is 0.0699. The number of nitro groups is 1. The van der Waals surface area contributed by atoms with Gasteiger partial charge in [0.25, 0.3) is 5.69 Å². The molecule has 1 aromatic carbocycles. The van der Waals surface area contributed by atoms with Crippen LogP contribution < -0.4 is 0 Å². The Hall–Kier alpha value is -1.47. The largest absolute Gasteiger partial charge is 0.269 e. The second-order valence-corrected chi connectivity index (χ2v) is 6.62. The van der Waals surface area contributed by atoms with Crippen LogP contribution in [0.3, 0.4) is 0 Å². The number of hydrogen-bond donors (Lipinski definition) is 0. The molecule has 0 fully saturated rings. The molecule has 106 valence electrons. The summed E-state index contributed by atoms with van der Waals surface area (Å²) < 4.78 is 26.3. The van der Waals surface area contributed by atoms with E-state index in [1.54, 1.807) is 27.7 Å². The molecule has 0 atom stereocenters.